The van der Waals surface area contributed by atoms with Crippen molar-refractivity contribution in [3.05, 3.63) is 23.5 Å². The summed E-state index contributed by atoms with van der Waals surface area (Å²) in [6.45, 7) is 4.10. The maximum Gasteiger partial charge on any atom is 1.00 e. The van der Waals surface area contributed by atoms with Gasteiger partial charge in [0, 0.05) is 11.4 Å². The molecule has 40 valence electrons. The van der Waals surface area contributed by atoms with E-state index in [9.17, 15) is 0 Å². The second-order valence-electron chi connectivity index (χ2n) is 1.82. The molecule has 0 unspecified atom stereocenters. The average Bonchev–Trinajstić information content (AvgIpc) is 1.87. The summed E-state index contributed by atoms with van der Waals surface area (Å²) in [5.74, 6) is 0. The summed E-state index contributed by atoms with van der Waals surface area (Å²) in [6.07, 6.45) is 0. The van der Waals surface area contributed by atoms with Gasteiger partial charge >= 0.3 is 51.4 Å². The third kappa shape index (κ3) is 2.46. The summed E-state index contributed by atoms with van der Waals surface area (Å²) in [6, 6.07) is 4.13. The maximum absolute atomic E-state index is 3.14. The summed E-state index contributed by atoms with van der Waals surface area (Å²) >= 11 is 0. The van der Waals surface area contributed by atoms with E-state index in [1.54, 1.807) is 0 Å². The van der Waals surface area contributed by atoms with Crippen molar-refractivity contribution in [1.29, 1.82) is 0 Å². The first-order chi connectivity index (χ1) is 3.29. The van der Waals surface area contributed by atoms with Crippen molar-refractivity contribution in [2.75, 3.05) is 0 Å². The molecule has 0 saturated heterocycles. The zero-order valence-corrected chi connectivity index (χ0v) is 8.78. The molecular weight excluding hydrogens is 125 g/mol. The molecule has 1 rings (SSSR count). The summed E-state index contributed by atoms with van der Waals surface area (Å²) < 4.78 is 0. The molecule has 0 amide bonds. The molecule has 1 aromatic heterocycles. The van der Waals surface area contributed by atoms with Crippen LogP contribution in [0, 0.1) is 13.8 Å². The average molecular weight is 135 g/mol. The first-order valence-electron chi connectivity index (χ1n) is 2.41. The third-order valence-electron chi connectivity index (χ3n) is 0.978. The van der Waals surface area contributed by atoms with E-state index in [4.69, 9.17) is 0 Å². The van der Waals surface area contributed by atoms with E-state index in [-0.39, 0.29) is 52.8 Å². The standard InChI is InChI=1S/C6H9N.K.H/c1-5-3-4-6(2)7-5;;/h3-4,7H,1-2H3;;/q;+1;-1. The monoisotopic (exact) mass is 135 g/mol. The molecule has 1 nitrogen and oxygen atoms in total. The molecule has 0 aromatic carbocycles. The number of rotatable bonds is 0. The summed E-state index contributed by atoms with van der Waals surface area (Å²) in [5, 5.41) is 0. The minimum Gasteiger partial charge on any atom is -1.00 e. The Morgan fingerprint density at radius 1 is 1.25 bits per heavy atom. The van der Waals surface area contributed by atoms with Crippen molar-refractivity contribution >= 4 is 0 Å². The molecule has 2 heteroatoms. The molecule has 0 bridgehead atoms. The Bertz CT molecular complexity index is 145. The van der Waals surface area contributed by atoms with E-state index in [2.05, 4.69) is 17.1 Å². The van der Waals surface area contributed by atoms with Gasteiger partial charge in [-0.15, -0.1) is 0 Å². The Kier molecular flexibility index (Phi) is 4.29. The first kappa shape index (κ1) is 8.92. The molecule has 0 atom stereocenters. The van der Waals surface area contributed by atoms with Crippen LogP contribution in [0.1, 0.15) is 12.8 Å². The summed E-state index contributed by atoms with van der Waals surface area (Å²) in [5.41, 5.74) is 2.47. The smallest absolute Gasteiger partial charge is 1.00 e. The quantitative estimate of drug-likeness (QED) is 0.428. The Balaban J connectivity index is 0. The molecule has 0 saturated carbocycles. The van der Waals surface area contributed by atoms with Crippen LogP contribution in [-0.4, -0.2) is 4.98 Å². The molecule has 0 aliphatic carbocycles. The van der Waals surface area contributed by atoms with Crippen LogP contribution < -0.4 is 51.4 Å². The van der Waals surface area contributed by atoms with Crippen molar-refractivity contribution in [3.63, 3.8) is 0 Å². The fourth-order valence-electron chi connectivity index (χ4n) is 0.644. The van der Waals surface area contributed by atoms with Gasteiger partial charge < -0.3 is 6.41 Å². The molecule has 0 aliphatic heterocycles. The van der Waals surface area contributed by atoms with Gasteiger partial charge in [0.25, 0.3) is 0 Å². The Morgan fingerprint density at radius 3 is 1.75 bits per heavy atom. The van der Waals surface area contributed by atoms with Gasteiger partial charge in [0.2, 0.25) is 0 Å². The predicted octanol–water partition coefficient (Wildman–Crippen LogP) is -1.25. The van der Waals surface area contributed by atoms with Gasteiger partial charge in [-0.2, -0.15) is 0 Å². The molecule has 0 aliphatic rings. The number of hydrogen-bond donors (Lipinski definition) is 1. The van der Waals surface area contributed by atoms with Crippen molar-refractivity contribution in [2.45, 2.75) is 13.8 Å². The number of aryl methyl sites for hydroxylation is 2. The molecule has 8 heavy (non-hydrogen) atoms. The normalized spacial score (nSPS) is 8.25. The van der Waals surface area contributed by atoms with Crippen LogP contribution in [0.3, 0.4) is 0 Å². The zero-order valence-electron chi connectivity index (χ0n) is 6.65. The maximum atomic E-state index is 3.14. The minimum absolute atomic E-state index is 0. The zero-order chi connectivity index (χ0) is 5.28. The molecule has 0 radical (unpaired) electrons. The van der Waals surface area contributed by atoms with Gasteiger partial charge in [-0.3, -0.25) is 0 Å². The topological polar surface area (TPSA) is 15.8 Å². The van der Waals surface area contributed by atoms with Crippen LogP contribution in [0.2, 0.25) is 0 Å². The fraction of sp³-hybridized carbons (Fsp3) is 0.333. The number of H-pyrrole nitrogens is 1. The third-order valence-corrected chi connectivity index (χ3v) is 0.978. The Morgan fingerprint density at radius 2 is 1.62 bits per heavy atom. The molecule has 0 spiro atoms. The van der Waals surface area contributed by atoms with E-state index < -0.39 is 0 Å². The number of aromatic nitrogens is 1. The Labute approximate surface area is 93.8 Å². The van der Waals surface area contributed by atoms with Gasteiger partial charge in [-0.25, -0.2) is 0 Å². The number of hydrogen-bond acceptors (Lipinski definition) is 0. The predicted molar refractivity (Wildman–Crippen MR) is 31.4 cm³/mol. The van der Waals surface area contributed by atoms with E-state index in [1.807, 2.05) is 13.8 Å². The van der Waals surface area contributed by atoms with Gasteiger partial charge in [0.05, 0.1) is 0 Å². The van der Waals surface area contributed by atoms with Gasteiger partial charge in [0.1, 0.15) is 0 Å². The van der Waals surface area contributed by atoms with Gasteiger partial charge in [0.15, 0.2) is 0 Å². The second-order valence-corrected chi connectivity index (χ2v) is 1.82. The molecular formula is C6H10KN. The van der Waals surface area contributed by atoms with Crippen LogP contribution in [-0.2, 0) is 0 Å². The molecule has 0 fully saturated rings. The van der Waals surface area contributed by atoms with E-state index >= 15 is 0 Å². The first-order valence-corrected chi connectivity index (χ1v) is 2.41. The fourth-order valence-corrected chi connectivity index (χ4v) is 0.644. The van der Waals surface area contributed by atoms with Gasteiger partial charge in [-0.05, 0) is 26.0 Å². The van der Waals surface area contributed by atoms with Crippen molar-refractivity contribution in [3.8, 4) is 0 Å². The molecule has 1 aromatic rings. The van der Waals surface area contributed by atoms with Crippen LogP contribution in [0.4, 0.5) is 0 Å². The molecule has 1 N–H and O–H groups in total. The van der Waals surface area contributed by atoms with Crippen LogP contribution in [0.15, 0.2) is 12.1 Å². The van der Waals surface area contributed by atoms with E-state index in [1.165, 1.54) is 11.4 Å². The van der Waals surface area contributed by atoms with Crippen molar-refractivity contribution < 1.29 is 52.8 Å². The van der Waals surface area contributed by atoms with Crippen molar-refractivity contribution in [2.24, 2.45) is 0 Å². The Hall–Kier alpha value is 0.916. The minimum atomic E-state index is 0. The van der Waals surface area contributed by atoms with E-state index in [0.717, 1.165) is 0 Å². The van der Waals surface area contributed by atoms with Crippen molar-refractivity contribution in [1.82, 2.24) is 4.98 Å². The van der Waals surface area contributed by atoms with Crippen LogP contribution in [0.25, 0.3) is 0 Å². The molecule has 1 heterocycles. The van der Waals surface area contributed by atoms with Crippen LogP contribution in [0.5, 0.6) is 0 Å². The number of aromatic amines is 1. The van der Waals surface area contributed by atoms with E-state index in [0.29, 0.717) is 0 Å². The second kappa shape index (κ2) is 3.85. The summed E-state index contributed by atoms with van der Waals surface area (Å²) in [7, 11) is 0. The van der Waals surface area contributed by atoms with Crippen LogP contribution >= 0.6 is 0 Å². The number of nitrogens with one attached hydrogen (secondary N) is 1. The van der Waals surface area contributed by atoms with Gasteiger partial charge in [-0.1, -0.05) is 0 Å². The SMILES string of the molecule is Cc1ccc(C)[nH]1.[H-].[K+]. The summed E-state index contributed by atoms with van der Waals surface area (Å²) in [4.78, 5) is 3.14. The largest absolute Gasteiger partial charge is 1.00 e.